The van der Waals surface area contributed by atoms with Crippen molar-refractivity contribution in [2.45, 2.75) is 35.9 Å². The number of morpholine rings is 1. The number of aromatic nitrogens is 1. The number of halogens is 2. The van der Waals surface area contributed by atoms with Crippen molar-refractivity contribution in [2.75, 3.05) is 51.4 Å². The number of carbonyl (C=O) groups excluding carboxylic acids is 1. The second-order valence-corrected chi connectivity index (χ2v) is 14.5. The van der Waals surface area contributed by atoms with Crippen LogP contribution in [0.3, 0.4) is 0 Å². The second kappa shape index (κ2) is 13.0. The van der Waals surface area contributed by atoms with Crippen molar-refractivity contribution in [1.29, 1.82) is 0 Å². The van der Waals surface area contributed by atoms with E-state index in [1.54, 1.807) is 12.3 Å². The Morgan fingerprint density at radius 1 is 0.958 bits per heavy atom. The number of anilines is 1. The number of amides is 1. The van der Waals surface area contributed by atoms with E-state index in [2.05, 4.69) is 9.88 Å². The smallest absolute Gasteiger partial charge is 0.271 e. The summed E-state index contributed by atoms with van der Waals surface area (Å²) in [7, 11) is -1.47. The highest BCUT2D eigenvalue weighted by atomic mass is 35.5. The molecule has 4 heterocycles. The van der Waals surface area contributed by atoms with E-state index in [0.717, 1.165) is 23.0 Å². The molecule has 0 radical (unpaired) electrons. The van der Waals surface area contributed by atoms with Crippen LogP contribution in [0.25, 0.3) is 0 Å². The van der Waals surface area contributed by atoms with Crippen LogP contribution in [-0.4, -0.2) is 76.2 Å². The van der Waals surface area contributed by atoms with Gasteiger partial charge < -0.3 is 18.6 Å². The lowest BCUT2D eigenvalue weighted by Crippen LogP contribution is -2.54. The van der Waals surface area contributed by atoms with Gasteiger partial charge in [-0.25, -0.2) is 17.7 Å². The van der Waals surface area contributed by atoms with E-state index in [-0.39, 0.29) is 20.6 Å². The van der Waals surface area contributed by atoms with Gasteiger partial charge in [-0.05, 0) is 66.9 Å². The summed E-state index contributed by atoms with van der Waals surface area (Å²) in [5, 5.41) is 0.277. The highest BCUT2D eigenvalue weighted by Crippen LogP contribution is 2.57. The lowest BCUT2D eigenvalue weighted by Gasteiger charge is -2.41. The van der Waals surface area contributed by atoms with Gasteiger partial charge in [0.25, 0.3) is 15.9 Å². The maximum Gasteiger partial charge on any atom is 0.271 e. The molecule has 0 spiro atoms. The van der Waals surface area contributed by atoms with E-state index in [1.807, 2.05) is 23.1 Å². The van der Waals surface area contributed by atoms with Gasteiger partial charge in [-0.3, -0.25) is 14.6 Å². The Bertz CT molecular complexity index is 1940. The zero-order valence-electron chi connectivity index (χ0n) is 26.4. The number of benzene rings is 3. The average Bonchev–Trinajstić information content (AvgIpc) is 3.85. The molecule has 0 N–H and O–H groups in total. The Hall–Kier alpha value is -3.65. The molecule has 4 aromatic rings. The van der Waals surface area contributed by atoms with Crippen LogP contribution in [0.1, 0.15) is 41.5 Å². The number of nitrogens with zero attached hydrogens (tertiary/aromatic N) is 4. The highest BCUT2D eigenvalue weighted by molar-refractivity contribution is 7.93. The van der Waals surface area contributed by atoms with Crippen molar-refractivity contribution in [3.8, 4) is 11.5 Å². The van der Waals surface area contributed by atoms with Crippen molar-refractivity contribution < 1.29 is 31.8 Å². The first-order valence-electron chi connectivity index (χ1n) is 15.6. The molecule has 1 unspecified atom stereocenters. The van der Waals surface area contributed by atoms with Crippen LogP contribution in [0.4, 0.5) is 5.69 Å². The molecule has 48 heavy (non-hydrogen) atoms. The van der Waals surface area contributed by atoms with Gasteiger partial charge in [0, 0.05) is 37.3 Å². The summed E-state index contributed by atoms with van der Waals surface area (Å²) in [6.07, 6.45) is 4.36. The first-order valence-corrected chi connectivity index (χ1v) is 17.8. The van der Waals surface area contributed by atoms with Crippen molar-refractivity contribution in [1.82, 2.24) is 14.8 Å². The number of rotatable bonds is 9. The number of carbonyl (C=O) groups is 1. The van der Waals surface area contributed by atoms with Crippen LogP contribution in [0.15, 0.2) is 76.4 Å². The summed E-state index contributed by atoms with van der Waals surface area (Å²) in [5.74, 6) is 0.583. The Kier molecular flexibility index (Phi) is 8.90. The first-order chi connectivity index (χ1) is 23.2. The molecule has 3 aliphatic heterocycles. The van der Waals surface area contributed by atoms with E-state index >= 15 is 4.79 Å². The molecule has 0 bridgehead atoms. The molecule has 2 fully saturated rings. The number of hydrogen-bond donors (Lipinski definition) is 0. The summed E-state index contributed by atoms with van der Waals surface area (Å²) < 4.78 is 52.7. The minimum absolute atomic E-state index is 0.0943. The van der Waals surface area contributed by atoms with Crippen molar-refractivity contribution in [3.05, 3.63) is 99.7 Å². The van der Waals surface area contributed by atoms with Gasteiger partial charge in [0.15, 0.2) is 5.54 Å². The third-order valence-corrected chi connectivity index (χ3v) is 11.8. The Balaban J connectivity index is 1.50. The summed E-state index contributed by atoms with van der Waals surface area (Å²) in [4.78, 5) is 24.2. The highest BCUT2D eigenvalue weighted by Gasteiger charge is 2.63. The van der Waals surface area contributed by atoms with E-state index in [4.69, 9.17) is 41.8 Å². The van der Waals surface area contributed by atoms with Crippen molar-refractivity contribution >= 4 is 44.8 Å². The molecule has 1 amide bonds. The van der Waals surface area contributed by atoms with E-state index < -0.39 is 27.5 Å². The van der Waals surface area contributed by atoms with Gasteiger partial charge in [-0.1, -0.05) is 29.3 Å². The molecule has 14 heteroatoms. The third-order valence-electron chi connectivity index (χ3n) is 9.32. The summed E-state index contributed by atoms with van der Waals surface area (Å²) in [5.41, 5.74) is 0.129. The fourth-order valence-corrected chi connectivity index (χ4v) is 8.90. The molecule has 2 atom stereocenters. The first kappa shape index (κ1) is 32.9. The summed E-state index contributed by atoms with van der Waals surface area (Å²) in [6.45, 7) is 3.79. The molecule has 3 aliphatic rings. The van der Waals surface area contributed by atoms with Gasteiger partial charge in [0.2, 0.25) is 5.89 Å². The zero-order valence-corrected chi connectivity index (χ0v) is 28.7. The zero-order chi connectivity index (χ0) is 33.6. The lowest BCUT2D eigenvalue weighted by atomic mass is 9.80. The number of methoxy groups -OCH3 is 2. The second-order valence-electron chi connectivity index (χ2n) is 11.9. The van der Waals surface area contributed by atoms with Crippen LogP contribution in [-0.2, 0) is 31.6 Å². The third kappa shape index (κ3) is 5.35. The van der Waals surface area contributed by atoms with Crippen LogP contribution >= 0.6 is 23.2 Å². The predicted octanol–water partition coefficient (Wildman–Crippen LogP) is 5.65. The fraction of sp³-hybridized carbons (Fsp3) is 0.353. The average molecular weight is 714 g/mol. The normalized spacial score (nSPS) is 21.9. The van der Waals surface area contributed by atoms with E-state index in [0.29, 0.717) is 67.7 Å². The van der Waals surface area contributed by atoms with Crippen LogP contribution < -0.4 is 13.8 Å². The van der Waals surface area contributed by atoms with Crippen molar-refractivity contribution in [2.24, 2.45) is 0 Å². The van der Waals surface area contributed by atoms with Gasteiger partial charge in [0.05, 0.1) is 60.3 Å². The molecule has 252 valence electrons. The summed E-state index contributed by atoms with van der Waals surface area (Å²) >= 11 is 13.3. The van der Waals surface area contributed by atoms with Crippen LogP contribution in [0.2, 0.25) is 10.0 Å². The predicted molar refractivity (Wildman–Crippen MR) is 179 cm³/mol. The molecule has 0 aliphatic carbocycles. The topological polar surface area (TPSA) is 115 Å². The van der Waals surface area contributed by atoms with Gasteiger partial charge in [-0.15, -0.1) is 0 Å². The van der Waals surface area contributed by atoms with E-state index in [9.17, 15) is 8.42 Å². The minimum Gasteiger partial charge on any atom is -0.497 e. The Morgan fingerprint density at radius 3 is 2.40 bits per heavy atom. The van der Waals surface area contributed by atoms with Gasteiger partial charge in [-0.2, -0.15) is 0 Å². The van der Waals surface area contributed by atoms with Crippen molar-refractivity contribution in [3.63, 3.8) is 0 Å². The Morgan fingerprint density at radius 2 is 1.71 bits per heavy atom. The van der Waals surface area contributed by atoms with Crippen LogP contribution in [0.5, 0.6) is 11.5 Å². The fourth-order valence-electron chi connectivity index (χ4n) is 7.13. The maximum absolute atomic E-state index is 15.6. The molecule has 11 nitrogen and oxygen atoms in total. The van der Waals surface area contributed by atoms with Gasteiger partial charge in [0.1, 0.15) is 17.8 Å². The number of likely N-dealkylation sites (tertiary alicyclic amines) is 1. The summed E-state index contributed by atoms with van der Waals surface area (Å²) in [6, 6.07) is 14.2. The van der Waals surface area contributed by atoms with Gasteiger partial charge >= 0.3 is 0 Å². The molecule has 0 saturated carbocycles. The minimum atomic E-state index is -4.49. The standard InChI is InChI=1S/C34H34Cl2N4O7S/c1-44-23-6-8-24(9-7-23)48(42,43)40-30-20-28(36)27(35)19-25(30)34(33(40)41,39-12-3-4-29(39)32-37-11-15-47-32)26-18-22(5-10-31(26)45-2)21-38-13-16-46-17-14-38/h5-11,15,18-20,29H,3-4,12-14,16-17,21H2,1-2H3/t29-,34?/m0/s1. The SMILES string of the molecule is COc1ccc(S(=O)(=O)N2C(=O)C(c3cc(CN4CCOCC4)ccc3OC)(N3CCC[C@H]3c3ncco3)c3cc(Cl)c(Cl)cc32)cc1. The molecular weight excluding hydrogens is 679 g/mol. The molecule has 3 aromatic carbocycles. The number of oxazole rings is 1. The molecular formula is C34H34Cl2N4O7S. The van der Waals surface area contributed by atoms with E-state index in [1.165, 1.54) is 50.8 Å². The maximum atomic E-state index is 15.6. The lowest BCUT2D eigenvalue weighted by molar-refractivity contribution is -0.127. The molecule has 1 aromatic heterocycles. The Labute approximate surface area is 288 Å². The monoisotopic (exact) mass is 712 g/mol. The number of ether oxygens (including phenoxy) is 3. The van der Waals surface area contributed by atoms with Crippen LogP contribution in [0, 0.1) is 0 Å². The quantitative estimate of drug-likeness (QED) is 0.216. The molecule has 7 rings (SSSR count). The number of sulfonamides is 1. The number of hydrogen-bond acceptors (Lipinski definition) is 10. The number of fused-ring (bicyclic) bond motifs is 1. The largest absolute Gasteiger partial charge is 0.497 e. The molecule has 2 saturated heterocycles.